The fraction of sp³-hybridized carbons (Fsp3) is 0.600. The van der Waals surface area contributed by atoms with Crippen LogP contribution in [0.4, 0.5) is 0 Å². The van der Waals surface area contributed by atoms with Crippen molar-refractivity contribution >= 4 is 12.2 Å². The molecule has 0 saturated heterocycles. The summed E-state index contributed by atoms with van der Waals surface area (Å²) in [6.45, 7) is 2.16. The summed E-state index contributed by atoms with van der Waals surface area (Å²) in [5, 5.41) is 8.07. The molecular weight excluding hydrogens is 106 g/mol. The van der Waals surface area contributed by atoms with Crippen molar-refractivity contribution in [3.63, 3.8) is 0 Å². The van der Waals surface area contributed by atoms with E-state index in [1.807, 2.05) is 0 Å². The quantitative estimate of drug-likeness (QED) is 0.546. The Balaban J connectivity index is 3.05. The SMILES string of the molecule is C/C=N/CCC(=O)O. The predicted octanol–water partition coefficient (Wildman–Crippen LogP) is 0.552. The second-order valence-electron chi connectivity index (χ2n) is 1.31. The number of hydrogen-bond acceptors (Lipinski definition) is 2. The van der Waals surface area contributed by atoms with Crippen molar-refractivity contribution in [1.29, 1.82) is 0 Å². The van der Waals surface area contributed by atoms with Crippen molar-refractivity contribution < 1.29 is 9.90 Å². The number of rotatable bonds is 3. The molecule has 0 spiro atoms. The van der Waals surface area contributed by atoms with E-state index in [2.05, 4.69) is 4.99 Å². The van der Waals surface area contributed by atoms with E-state index < -0.39 is 5.97 Å². The van der Waals surface area contributed by atoms with Crippen LogP contribution in [0.3, 0.4) is 0 Å². The molecule has 0 bridgehead atoms. The maximum absolute atomic E-state index is 9.80. The minimum absolute atomic E-state index is 0.129. The van der Waals surface area contributed by atoms with Gasteiger partial charge in [0.2, 0.25) is 0 Å². The third-order valence-corrected chi connectivity index (χ3v) is 0.637. The van der Waals surface area contributed by atoms with E-state index in [1.54, 1.807) is 13.1 Å². The maximum Gasteiger partial charge on any atom is 0.305 e. The highest BCUT2D eigenvalue weighted by Crippen LogP contribution is 1.77. The van der Waals surface area contributed by atoms with Crippen LogP contribution in [0, 0.1) is 0 Å². The van der Waals surface area contributed by atoms with Gasteiger partial charge >= 0.3 is 5.97 Å². The van der Waals surface area contributed by atoms with Gasteiger partial charge in [-0.25, -0.2) is 0 Å². The lowest BCUT2D eigenvalue weighted by Crippen LogP contribution is -1.96. The van der Waals surface area contributed by atoms with Crippen LogP contribution in [-0.2, 0) is 4.79 Å². The molecule has 0 saturated carbocycles. The number of hydrogen-bond donors (Lipinski definition) is 1. The van der Waals surface area contributed by atoms with E-state index in [4.69, 9.17) is 5.11 Å². The van der Waals surface area contributed by atoms with Gasteiger partial charge in [0, 0.05) is 6.54 Å². The average molecular weight is 115 g/mol. The van der Waals surface area contributed by atoms with Crippen LogP contribution in [0.1, 0.15) is 13.3 Å². The first kappa shape index (κ1) is 7.14. The predicted molar refractivity (Wildman–Crippen MR) is 31.3 cm³/mol. The van der Waals surface area contributed by atoms with Crippen molar-refractivity contribution in [2.75, 3.05) is 6.54 Å². The third-order valence-electron chi connectivity index (χ3n) is 0.637. The summed E-state index contributed by atoms with van der Waals surface area (Å²) in [6.07, 6.45) is 1.73. The standard InChI is InChI=1S/C5H9NO2/c1-2-6-4-3-5(7)8/h2H,3-4H2,1H3,(H,7,8)/b6-2+. The van der Waals surface area contributed by atoms with Gasteiger partial charge in [-0.05, 0) is 13.1 Å². The molecule has 0 aliphatic carbocycles. The Morgan fingerprint density at radius 3 is 2.88 bits per heavy atom. The summed E-state index contributed by atoms with van der Waals surface area (Å²) in [5.41, 5.74) is 0. The Hall–Kier alpha value is -0.860. The normalized spacial score (nSPS) is 10.1. The number of aliphatic carboxylic acids is 1. The summed E-state index contributed by atoms with van der Waals surface area (Å²) >= 11 is 0. The van der Waals surface area contributed by atoms with Crippen molar-refractivity contribution in [3.8, 4) is 0 Å². The van der Waals surface area contributed by atoms with Crippen molar-refractivity contribution in [2.24, 2.45) is 4.99 Å². The number of carbonyl (C=O) groups is 1. The zero-order chi connectivity index (χ0) is 6.41. The molecule has 0 heterocycles. The largest absolute Gasteiger partial charge is 0.481 e. The first-order valence-corrected chi connectivity index (χ1v) is 2.43. The van der Waals surface area contributed by atoms with Gasteiger partial charge < -0.3 is 5.11 Å². The fourth-order valence-electron chi connectivity index (χ4n) is 0.289. The van der Waals surface area contributed by atoms with Crippen LogP contribution in [0.15, 0.2) is 4.99 Å². The van der Waals surface area contributed by atoms with Gasteiger partial charge in [0.1, 0.15) is 0 Å². The molecule has 1 N–H and O–H groups in total. The lowest BCUT2D eigenvalue weighted by atomic mass is 10.4. The molecule has 0 aliphatic rings. The molecule has 3 heteroatoms. The first-order valence-electron chi connectivity index (χ1n) is 2.43. The first-order chi connectivity index (χ1) is 3.77. The van der Waals surface area contributed by atoms with E-state index in [0.717, 1.165) is 0 Å². The minimum atomic E-state index is -0.796. The summed E-state index contributed by atoms with van der Waals surface area (Å²) < 4.78 is 0. The maximum atomic E-state index is 9.80. The van der Waals surface area contributed by atoms with Gasteiger partial charge in [-0.15, -0.1) is 0 Å². The molecule has 0 amide bonds. The topological polar surface area (TPSA) is 49.7 Å². The summed E-state index contributed by atoms with van der Waals surface area (Å²) in [6, 6.07) is 0. The minimum Gasteiger partial charge on any atom is -0.481 e. The monoisotopic (exact) mass is 115 g/mol. The summed E-state index contributed by atoms with van der Waals surface area (Å²) in [7, 11) is 0. The lowest BCUT2D eigenvalue weighted by Gasteiger charge is -1.84. The average Bonchev–Trinajstić information content (AvgIpc) is 1.66. The fourth-order valence-corrected chi connectivity index (χ4v) is 0.289. The highest BCUT2D eigenvalue weighted by atomic mass is 16.4. The second kappa shape index (κ2) is 4.30. The molecule has 3 nitrogen and oxygen atoms in total. The molecule has 46 valence electrons. The van der Waals surface area contributed by atoms with E-state index in [1.165, 1.54) is 0 Å². The van der Waals surface area contributed by atoms with Crippen LogP contribution < -0.4 is 0 Å². The molecule has 0 aromatic carbocycles. The van der Waals surface area contributed by atoms with E-state index >= 15 is 0 Å². The molecule has 0 fully saturated rings. The van der Waals surface area contributed by atoms with Gasteiger partial charge in [-0.3, -0.25) is 9.79 Å². The molecule has 0 atom stereocenters. The Morgan fingerprint density at radius 1 is 1.88 bits per heavy atom. The summed E-state index contributed by atoms with van der Waals surface area (Å²) in [4.78, 5) is 13.5. The molecule has 0 aromatic rings. The van der Waals surface area contributed by atoms with Crippen LogP contribution in [0.2, 0.25) is 0 Å². The Bertz CT molecular complexity index is 98.6. The smallest absolute Gasteiger partial charge is 0.305 e. The molecule has 0 aromatic heterocycles. The highest BCUT2D eigenvalue weighted by molar-refractivity contribution is 5.67. The van der Waals surface area contributed by atoms with E-state index in [9.17, 15) is 4.79 Å². The Morgan fingerprint density at radius 2 is 2.50 bits per heavy atom. The van der Waals surface area contributed by atoms with Crippen LogP contribution >= 0.6 is 0 Å². The molecule has 8 heavy (non-hydrogen) atoms. The third kappa shape index (κ3) is 5.14. The van der Waals surface area contributed by atoms with Crippen molar-refractivity contribution in [2.45, 2.75) is 13.3 Å². The molecular formula is C5H9NO2. The van der Waals surface area contributed by atoms with Gasteiger partial charge in [-0.2, -0.15) is 0 Å². The van der Waals surface area contributed by atoms with Gasteiger partial charge in [0.15, 0.2) is 0 Å². The zero-order valence-electron chi connectivity index (χ0n) is 4.79. The zero-order valence-corrected chi connectivity index (χ0v) is 4.79. The molecule has 0 radical (unpaired) electrons. The van der Waals surface area contributed by atoms with Gasteiger partial charge in [-0.1, -0.05) is 0 Å². The second-order valence-corrected chi connectivity index (χ2v) is 1.31. The Kier molecular flexibility index (Phi) is 3.84. The number of nitrogens with zero attached hydrogens (tertiary/aromatic N) is 1. The number of carboxylic acid groups (broad SMARTS) is 1. The van der Waals surface area contributed by atoms with E-state index in [-0.39, 0.29) is 6.42 Å². The summed E-state index contributed by atoms with van der Waals surface area (Å²) in [5.74, 6) is -0.796. The highest BCUT2D eigenvalue weighted by Gasteiger charge is 1.90. The van der Waals surface area contributed by atoms with Crippen LogP contribution in [0.25, 0.3) is 0 Å². The van der Waals surface area contributed by atoms with Gasteiger partial charge in [0.25, 0.3) is 0 Å². The molecule has 0 aliphatic heterocycles. The van der Waals surface area contributed by atoms with Crippen LogP contribution in [0.5, 0.6) is 0 Å². The molecule has 0 rings (SSSR count). The number of aliphatic imine (C=N–C) groups is 1. The lowest BCUT2D eigenvalue weighted by molar-refractivity contribution is -0.136. The van der Waals surface area contributed by atoms with Crippen molar-refractivity contribution in [1.82, 2.24) is 0 Å². The Labute approximate surface area is 48.1 Å². The van der Waals surface area contributed by atoms with Crippen molar-refractivity contribution in [3.05, 3.63) is 0 Å². The van der Waals surface area contributed by atoms with Crippen LogP contribution in [-0.4, -0.2) is 23.8 Å². The van der Waals surface area contributed by atoms with Gasteiger partial charge in [0.05, 0.1) is 6.42 Å². The molecule has 0 unspecified atom stereocenters. The number of carboxylic acids is 1. The van der Waals surface area contributed by atoms with E-state index in [0.29, 0.717) is 6.54 Å².